The molecule has 0 spiro atoms. The molecule has 1 N–H and O–H groups in total. The number of hydrogen-bond acceptors (Lipinski definition) is 4. The van der Waals surface area contributed by atoms with E-state index in [0.29, 0.717) is 43.4 Å². The third-order valence-electron chi connectivity index (χ3n) is 5.15. The smallest absolute Gasteiger partial charge is 0.251 e. The summed E-state index contributed by atoms with van der Waals surface area (Å²) in [6.45, 7) is 4.46. The van der Waals surface area contributed by atoms with E-state index in [9.17, 15) is 4.79 Å². The van der Waals surface area contributed by atoms with Crippen molar-refractivity contribution in [2.75, 3.05) is 33.5 Å². The molecule has 0 atom stereocenters. The number of hydrogen-bond donors (Lipinski definition) is 1. The number of methoxy groups -OCH3 is 1. The zero-order chi connectivity index (χ0) is 19.1. The van der Waals surface area contributed by atoms with Gasteiger partial charge in [0.05, 0.1) is 13.7 Å². The van der Waals surface area contributed by atoms with E-state index in [2.05, 4.69) is 17.4 Å². The van der Waals surface area contributed by atoms with Crippen LogP contribution in [0, 0.1) is 0 Å². The van der Waals surface area contributed by atoms with Crippen LogP contribution in [0.15, 0.2) is 48.5 Å². The average Bonchev–Trinajstić information content (AvgIpc) is 2.74. The molecule has 5 heteroatoms. The maximum atomic E-state index is 12.8. The van der Waals surface area contributed by atoms with Crippen molar-refractivity contribution < 1.29 is 19.0 Å². The van der Waals surface area contributed by atoms with Gasteiger partial charge in [0, 0.05) is 30.7 Å². The molecule has 1 amide bonds. The molecule has 0 aromatic heterocycles. The molecule has 5 nitrogen and oxygen atoms in total. The summed E-state index contributed by atoms with van der Waals surface area (Å²) in [6.07, 6.45) is 1.79. The molecule has 0 saturated carbocycles. The highest BCUT2D eigenvalue weighted by Gasteiger charge is 2.34. The predicted octanol–water partition coefficient (Wildman–Crippen LogP) is 3.57. The zero-order valence-corrected chi connectivity index (χ0v) is 16.0. The first-order chi connectivity index (χ1) is 13.2. The fourth-order valence-corrected chi connectivity index (χ4v) is 3.56. The van der Waals surface area contributed by atoms with E-state index < -0.39 is 0 Å². The first-order valence-corrected chi connectivity index (χ1v) is 9.41. The molecule has 2 aromatic carbocycles. The first-order valence-electron chi connectivity index (χ1n) is 9.41. The predicted molar refractivity (Wildman–Crippen MR) is 105 cm³/mol. The molecule has 0 radical (unpaired) electrons. The van der Waals surface area contributed by atoms with Gasteiger partial charge in [0.2, 0.25) is 0 Å². The summed E-state index contributed by atoms with van der Waals surface area (Å²) in [5.74, 6) is 1.09. The van der Waals surface area contributed by atoms with Crippen molar-refractivity contribution in [2.24, 2.45) is 0 Å². The molecular weight excluding hydrogens is 342 g/mol. The number of amides is 1. The van der Waals surface area contributed by atoms with E-state index in [0.717, 1.165) is 12.8 Å². The van der Waals surface area contributed by atoms with Gasteiger partial charge >= 0.3 is 0 Å². The van der Waals surface area contributed by atoms with Crippen LogP contribution < -0.4 is 14.8 Å². The number of rotatable bonds is 7. The molecule has 0 aliphatic carbocycles. The highest BCUT2D eigenvalue weighted by molar-refractivity contribution is 5.95. The fraction of sp³-hybridized carbons (Fsp3) is 0.409. The Labute approximate surface area is 160 Å². The Morgan fingerprint density at radius 1 is 1.11 bits per heavy atom. The Bertz CT molecular complexity index is 754. The molecule has 27 heavy (non-hydrogen) atoms. The van der Waals surface area contributed by atoms with Crippen LogP contribution in [0.2, 0.25) is 0 Å². The van der Waals surface area contributed by atoms with Crippen molar-refractivity contribution in [3.8, 4) is 11.5 Å². The lowest BCUT2D eigenvalue weighted by atomic mass is 9.74. The molecule has 1 heterocycles. The van der Waals surface area contributed by atoms with Gasteiger partial charge in [-0.2, -0.15) is 0 Å². The van der Waals surface area contributed by atoms with E-state index in [4.69, 9.17) is 14.2 Å². The van der Waals surface area contributed by atoms with Crippen molar-refractivity contribution in [2.45, 2.75) is 25.2 Å². The van der Waals surface area contributed by atoms with Crippen molar-refractivity contribution >= 4 is 5.91 Å². The van der Waals surface area contributed by atoms with E-state index in [-0.39, 0.29) is 11.3 Å². The Kier molecular flexibility index (Phi) is 6.35. The second-order valence-electron chi connectivity index (χ2n) is 6.74. The lowest BCUT2D eigenvalue weighted by molar-refractivity contribution is 0.0487. The highest BCUT2D eigenvalue weighted by atomic mass is 16.5. The van der Waals surface area contributed by atoms with Crippen molar-refractivity contribution in [1.82, 2.24) is 5.32 Å². The topological polar surface area (TPSA) is 56.8 Å². The summed E-state index contributed by atoms with van der Waals surface area (Å²) >= 11 is 0. The van der Waals surface area contributed by atoms with Crippen LogP contribution in [0.25, 0.3) is 0 Å². The standard InChI is InChI=1S/C22H27NO4/c1-3-27-19-10-9-17(15-20(19)25-2)21(24)23-16-22(11-13-26-14-12-22)18-7-5-4-6-8-18/h4-10,15H,3,11-14,16H2,1-2H3,(H,23,24). The zero-order valence-electron chi connectivity index (χ0n) is 16.0. The van der Waals surface area contributed by atoms with Gasteiger partial charge in [0.1, 0.15) is 0 Å². The molecule has 1 aliphatic rings. The van der Waals surface area contributed by atoms with Gasteiger partial charge in [-0.1, -0.05) is 30.3 Å². The Morgan fingerprint density at radius 3 is 2.52 bits per heavy atom. The summed E-state index contributed by atoms with van der Waals surface area (Å²) in [5.41, 5.74) is 1.72. The Balaban J connectivity index is 1.75. The summed E-state index contributed by atoms with van der Waals surface area (Å²) < 4.78 is 16.4. The van der Waals surface area contributed by atoms with Gasteiger partial charge in [-0.05, 0) is 43.5 Å². The van der Waals surface area contributed by atoms with Crippen LogP contribution >= 0.6 is 0 Å². The summed E-state index contributed by atoms with van der Waals surface area (Å²) in [5, 5.41) is 3.12. The molecular formula is C22H27NO4. The van der Waals surface area contributed by atoms with Crippen molar-refractivity contribution in [3.63, 3.8) is 0 Å². The van der Waals surface area contributed by atoms with Crippen LogP contribution in [0.1, 0.15) is 35.7 Å². The number of carbonyl (C=O) groups is 1. The third-order valence-corrected chi connectivity index (χ3v) is 5.15. The van der Waals surface area contributed by atoms with E-state index in [1.54, 1.807) is 25.3 Å². The second kappa shape index (κ2) is 8.91. The molecule has 1 aliphatic heterocycles. The van der Waals surface area contributed by atoms with Crippen LogP contribution in [0.4, 0.5) is 0 Å². The average molecular weight is 369 g/mol. The minimum Gasteiger partial charge on any atom is -0.493 e. The van der Waals surface area contributed by atoms with Gasteiger partial charge in [-0.25, -0.2) is 0 Å². The number of carbonyl (C=O) groups excluding carboxylic acids is 1. The number of ether oxygens (including phenoxy) is 3. The first kappa shape index (κ1) is 19.2. The second-order valence-corrected chi connectivity index (χ2v) is 6.74. The summed E-state index contributed by atoms with van der Waals surface area (Å²) in [4.78, 5) is 12.8. The summed E-state index contributed by atoms with van der Waals surface area (Å²) in [7, 11) is 1.58. The lowest BCUT2D eigenvalue weighted by Crippen LogP contribution is -2.44. The van der Waals surface area contributed by atoms with Gasteiger partial charge in [0.25, 0.3) is 5.91 Å². The fourth-order valence-electron chi connectivity index (χ4n) is 3.56. The minimum atomic E-state index is -0.113. The van der Waals surface area contributed by atoms with Gasteiger partial charge in [-0.15, -0.1) is 0 Å². The maximum absolute atomic E-state index is 12.8. The molecule has 3 rings (SSSR count). The summed E-state index contributed by atoms with van der Waals surface area (Å²) in [6, 6.07) is 15.6. The Hall–Kier alpha value is -2.53. The number of nitrogens with one attached hydrogen (secondary N) is 1. The van der Waals surface area contributed by atoms with Gasteiger partial charge in [-0.3, -0.25) is 4.79 Å². The largest absolute Gasteiger partial charge is 0.493 e. The normalized spacial score (nSPS) is 15.8. The van der Waals surface area contributed by atoms with Crippen LogP contribution in [-0.4, -0.2) is 39.4 Å². The molecule has 1 saturated heterocycles. The lowest BCUT2D eigenvalue weighted by Gasteiger charge is -2.38. The molecule has 144 valence electrons. The van der Waals surface area contributed by atoms with Crippen LogP contribution in [0.5, 0.6) is 11.5 Å². The van der Waals surface area contributed by atoms with Crippen molar-refractivity contribution in [3.05, 3.63) is 59.7 Å². The van der Waals surface area contributed by atoms with Crippen LogP contribution in [0.3, 0.4) is 0 Å². The monoisotopic (exact) mass is 369 g/mol. The van der Waals surface area contributed by atoms with Gasteiger partial charge in [0.15, 0.2) is 11.5 Å². The Morgan fingerprint density at radius 2 is 1.85 bits per heavy atom. The van der Waals surface area contributed by atoms with E-state index in [1.165, 1.54) is 5.56 Å². The minimum absolute atomic E-state index is 0.0927. The third kappa shape index (κ3) is 4.42. The van der Waals surface area contributed by atoms with Crippen LogP contribution in [-0.2, 0) is 10.2 Å². The van der Waals surface area contributed by atoms with Crippen molar-refractivity contribution in [1.29, 1.82) is 0 Å². The van der Waals surface area contributed by atoms with E-state index >= 15 is 0 Å². The maximum Gasteiger partial charge on any atom is 0.251 e. The van der Waals surface area contributed by atoms with Gasteiger partial charge < -0.3 is 19.5 Å². The highest BCUT2D eigenvalue weighted by Crippen LogP contribution is 2.34. The molecule has 2 aromatic rings. The van der Waals surface area contributed by atoms with E-state index in [1.807, 2.05) is 25.1 Å². The molecule has 1 fully saturated rings. The SMILES string of the molecule is CCOc1ccc(C(=O)NCC2(c3ccccc3)CCOCC2)cc1OC. The number of benzene rings is 2. The molecule has 0 unspecified atom stereocenters. The quantitative estimate of drug-likeness (QED) is 0.811. The molecule has 0 bridgehead atoms.